The maximum Gasteiger partial charge on any atom is 0.0372 e. The number of nitrogens with one attached hydrogen (secondary N) is 1. The number of rotatable bonds is 2. The van der Waals surface area contributed by atoms with Crippen LogP contribution in [0.4, 0.5) is 5.69 Å². The van der Waals surface area contributed by atoms with Gasteiger partial charge in [-0.15, -0.1) is 0 Å². The van der Waals surface area contributed by atoms with E-state index in [-0.39, 0.29) is 0 Å². The first-order valence-corrected chi connectivity index (χ1v) is 6.15. The molecule has 1 nitrogen and oxygen atoms in total. The molecule has 0 spiro atoms. The quantitative estimate of drug-likeness (QED) is 0.771. The van der Waals surface area contributed by atoms with Gasteiger partial charge in [-0.1, -0.05) is 24.6 Å². The van der Waals surface area contributed by atoms with Crippen LogP contribution in [0.2, 0.25) is 0 Å². The van der Waals surface area contributed by atoms with Crippen LogP contribution in [0.1, 0.15) is 31.2 Å². The van der Waals surface area contributed by atoms with Gasteiger partial charge < -0.3 is 5.32 Å². The van der Waals surface area contributed by atoms with Crippen LogP contribution in [0.25, 0.3) is 0 Å². The van der Waals surface area contributed by atoms with Crippen molar-refractivity contribution >= 4 is 5.69 Å². The second kappa shape index (κ2) is 3.55. The Bertz CT molecular complexity index is 358. The molecule has 0 aromatic heterocycles. The second-order valence-corrected chi connectivity index (χ2v) is 5.24. The van der Waals surface area contributed by atoms with Gasteiger partial charge in [0.2, 0.25) is 0 Å². The molecule has 0 amide bonds. The van der Waals surface area contributed by atoms with E-state index in [0.29, 0.717) is 0 Å². The van der Waals surface area contributed by atoms with Gasteiger partial charge in [-0.05, 0) is 49.7 Å². The first kappa shape index (κ1) is 9.26. The third-order valence-electron chi connectivity index (χ3n) is 4.22. The summed E-state index contributed by atoms with van der Waals surface area (Å²) in [7, 11) is 0. The average molecular weight is 201 g/mol. The number of anilines is 1. The van der Waals surface area contributed by atoms with Crippen LogP contribution in [-0.2, 0) is 0 Å². The summed E-state index contributed by atoms with van der Waals surface area (Å²) in [6.07, 6.45) is 5.81. The fraction of sp³-hybridized carbons (Fsp3) is 0.571. The van der Waals surface area contributed by atoms with E-state index >= 15 is 0 Å². The lowest BCUT2D eigenvalue weighted by Gasteiger charge is -2.24. The lowest BCUT2D eigenvalue weighted by atomic mass is 9.95. The lowest BCUT2D eigenvalue weighted by Crippen LogP contribution is -2.26. The standard InChI is InChI=1S/C14H19N/c1-10-4-2-3-5-13(10)15-14-9-11-6-7-12(14)8-11/h2-5,11-12,14-15H,6-9H2,1H3/t11-,12-,14+/m0/s1. The van der Waals surface area contributed by atoms with Gasteiger partial charge in [0.15, 0.2) is 0 Å². The Hall–Kier alpha value is -0.980. The van der Waals surface area contributed by atoms with Crippen molar-refractivity contribution in [3.8, 4) is 0 Å². The molecule has 2 bridgehead atoms. The van der Waals surface area contributed by atoms with E-state index in [9.17, 15) is 0 Å². The Labute approximate surface area is 91.9 Å². The molecule has 0 heterocycles. The molecule has 80 valence electrons. The zero-order chi connectivity index (χ0) is 10.3. The highest BCUT2D eigenvalue weighted by Crippen LogP contribution is 2.45. The topological polar surface area (TPSA) is 12.0 Å². The molecule has 2 saturated carbocycles. The van der Waals surface area contributed by atoms with Crippen LogP contribution < -0.4 is 5.32 Å². The maximum absolute atomic E-state index is 3.74. The molecule has 2 fully saturated rings. The summed E-state index contributed by atoms with van der Waals surface area (Å²) in [5.41, 5.74) is 2.72. The maximum atomic E-state index is 3.74. The Morgan fingerprint density at radius 3 is 2.67 bits per heavy atom. The van der Waals surface area contributed by atoms with Gasteiger partial charge in [0.05, 0.1) is 0 Å². The first-order valence-electron chi connectivity index (χ1n) is 6.15. The van der Waals surface area contributed by atoms with Gasteiger partial charge in [0, 0.05) is 11.7 Å². The van der Waals surface area contributed by atoms with E-state index in [4.69, 9.17) is 0 Å². The van der Waals surface area contributed by atoms with Crippen molar-refractivity contribution in [1.82, 2.24) is 0 Å². The van der Waals surface area contributed by atoms with Crippen molar-refractivity contribution in [2.45, 2.75) is 38.6 Å². The van der Waals surface area contributed by atoms with Crippen LogP contribution in [0.15, 0.2) is 24.3 Å². The molecule has 0 aliphatic heterocycles. The number of para-hydroxylation sites is 1. The minimum atomic E-state index is 0.754. The third kappa shape index (κ3) is 1.64. The van der Waals surface area contributed by atoms with Crippen molar-refractivity contribution in [3.05, 3.63) is 29.8 Å². The molecular formula is C14H19N. The van der Waals surface area contributed by atoms with E-state index in [1.54, 1.807) is 0 Å². The van der Waals surface area contributed by atoms with E-state index in [1.807, 2.05) is 0 Å². The summed E-state index contributed by atoms with van der Waals surface area (Å²) >= 11 is 0. The van der Waals surface area contributed by atoms with Gasteiger partial charge in [0.1, 0.15) is 0 Å². The highest BCUT2D eigenvalue weighted by atomic mass is 14.9. The van der Waals surface area contributed by atoms with Gasteiger partial charge in [-0.2, -0.15) is 0 Å². The molecule has 1 aromatic rings. The molecule has 3 rings (SSSR count). The zero-order valence-electron chi connectivity index (χ0n) is 9.37. The molecule has 0 unspecified atom stereocenters. The molecule has 1 N–H and O–H groups in total. The van der Waals surface area contributed by atoms with Gasteiger partial charge >= 0.3 is 0 Å². The first-order chi connectivity index (χ1) is 7.33. The molecule has 1 heteroatoms. The summed E-state index contributed by atoms with van der Waals surface area (Å²) in [6.45, 7) is 2.19. The molecule has 2 aliphatic carbocycles. The Balaban J connectivity index is 1.73. The molecule has 2 aliphatic rings. The van der Waals surface area contributed by atoms with E-state index in [1.165, 1.54) is 36.9 Å². The summed E-state index contributed by atoms with van der Waals surface area (Å²) in [5, 5.41) is 3.74. The molecule has 0 saturated heterocycles. The predicted molar refractivity (Wildman–Crippen MR) is 64.0 cm³/mol. The molecular weight excluding hydrogens is 182 g/mol. The molecule has 0 radical (unpaired) electrons. The normalized spacial score (nSPS) is 33.3. The Kier molecular flexibility index (Phi) is 2.19. The smallest absolute Gasteiger partial charge is 0.0372 e. The van der Waals surface area contributed by atoms with E-state index in [0.717, 1.165) is 17.9 Å². The SMILES string of the molecule is Cc1ccccc1N[C@@H]1C[C@H]2CC[C@H]1C2. The van der Waals surface area contributed by atoms with Gasteiger partial charge in [-0.25, -0.2) is 0 Å². The fourth-order valence-electron chi connectivity index (χ4n) is 3.36. The molecule has 15 heavy (non-hydrogen) atoms. The lowest BCUT2D eigenvalue weighted by molar-refractivity contribution is 0.439. The van der Waals surface area contributed by atoms with Gasteiger partial charge in [0.25, 0.3) is 0 Å². The highest BCUT2D eigenvalue weighted by Gasteiger charge is 2.39. The third-order valence-corrected chi connectivity index (χ3v) is 4.22. The van der Waals surface area contributed by atoms with Gasteiger partial charge in [-0.3, -0.25) is 0 Å². The van der Waals surface area contributed by atoms with Crippen LogP contribution in [0, 0.1) is 18.8 Å². The molecule has 3 atom stereocenters. The second-order valence-electron chi connectivity index (χ2n) is 5.24. The fourth-order valence-corrected chi connectivity index (χ4v) is 3.36. The molecule has 1 aromatic carbocycles. The van der Waals surface area contributed by atoms with Crippen LogP contribution >= 0.6 is 0 Å². The predicted octanol–water partition coefficient (Wildman–Crippen LogP) is 3.60. The zero-order valence-corrected chi connectivity index (χ0v) is 9.37. The van der Waals surface area contributed by atoms with Crippen molar-refractivity contribution in [2.24, 2.45) is 11.8 Å². The van der Waals surface area contributed by atoms with Crippen LogP contribution in [0.5, 0.6) is 0 Å². The minimum absolute atomic E-state index is 0.754. The largest absolute Gasteiger partial charge is 0.382 e. The number of aryl methyl sites for hydroxylation is 1. The van der Waals surface area contributed by atoms with Crippen molar-refractivity contribution < 1.29 is 0 Å². The Morgan fingerprint density at radius 1 is 1.13 bits per heavy atom. The summed E-state index contributed by atoms with van der Waals surface area (Å²) in [4.78, 5) is 0. The summed E-state index contributed by atoms with van der Waals surface area (Å²) in [6, 6.07) is 9.39. The Morgan fingerprint density at radius 2 is 2.00 bits per heavy atom. The number of hydrogen-bond acceptors (Lipinski definition) is 1. The van der Waals surface area contributed by atoms with E-state index in [2.05, 4.69) is 36.5 Å². The van der Waals surface area contributed by atoms with Crippen LogP contribution in [0.3, 0.4) is 0 Å². The number of fused-ring (bicyclic) bond motifs is 2. The van der Waals surface area contributed by atoms with Crippen LogP contribution in [-0.4, -0.2) is 6.04 Å². The van der Waals surface area contributed by atoms with E-state index < -0.39 is 0 Å². The minimum Gasteiger partial charge on any atom is -0.382 e. The summed E-state index contributed by atoms with van der Waals surface area (Å²) in [5.74, 6) is 1.98. The van der Waals surface area contributed by atoms with Crippen molar-refractivity contribution in [1.29, 1.82) is 0 Å². The van der Waals surface area contributed by atoms with Crippen molar-refractivity contribution in [2.75, 3.05) is 5.32 Å². The monoisotopic (exact) mass is 201 g/mol. The van der Waals surface area contributed by atoms with Crippen molar-refractivity contribution in [3.63, 3.8) is 0 Å². The average Bonchev–Trinajstić information content (AvgIpc) is 2.83. The number of benzene rings is 1. The highest BCUT2D eigenvalue weighted by molar-refractivity contribution is 5.51. The summed E-state index contributed by atoms with van der Waals surface area (Å²) < 4.78 is 0. The number of hydrogen-bond donors (Lipinski definition) is 1.